The molecule has 0 bridgehead atoms. The number of piperidine rings is 1. The Balaban J connectivity index is 1.67. The molecule has 1 saturated heterocycles. The molecule has 7 nitrogen and oxygen atoms in total. The number of carbonyl (C=O) groups excluding carboxylic acids is 2. The van der Waals surface area contributed by atoms with Gasteiger partial charge in [0.05, 0.1) is 21.3 Å². The van der Waals surface area contributed by atoms with E-state index in [1.807, 2.05) is 4.90 Å². The molecule has 28 heavy (non-hydrogen) atoms. The highest BCUT2D eigenvalue weighted by molar-refractivity contribution is 5.95. The Hall–Kier alpha value is -2.44. The second-order valence-corrected chi connectivity index (χ2v) is 7.32. The van der Waals surface area contributed by atoms with E-state index >= 15 is 0 Å². The van der Waals surface area contributed by atoms with Crippen molar-refractivity contribution in [3.05, 3.63) is 17.7 Å². The predicted octanol–water partition coefficient (Wildman–Crippen LogP) is 3.05. The molecular weight excluding hydrogens is 362 g/mol. The molecule has 0 aromatic heterocycles. The zero-order valence-electron chi connectivity index (χ0n) is 16.9. The summed E-state index contributed by atoms with van der Waals surface area (Å²) in [6, 6.07) is 3.36. The molecule has 1 aromatic rings. The lowest BCUT2D eigenvalue weighted by atomic mass is 9.78. The highest BCUT2D eigenvalue weighted by Crippen LogP contribution is 2.36. The van der Waals surface area contributed by atoms with Crippen molar-refractivity contribution in [3.8, 4) is 17.2 Å². The number of carbonyl (C=O) groups is 2. The maximum absolute atomic E-state index is 12.7. The van der Waals surface area contributed by atoms with Crippen LogP contribution in [0.1, 0.15) is 48.9 Å². The first-order chi connectivity index (χ1) is 13.6. The van der Waals surface area contributed by atoms with Crippen molar-refractivity contribution < 1.29 is 28.5 Å². The molecule has 3 rings (SSSR count). The Kier molecular flexibility index (Phi) is 6.65. The summed E-state index contributed by atoms with van der Waals surface area (Å²) >= 11 is 0. The molecule has 2 aliphatic rings. The normalized spacial score (nSPS) is 21.5. The molecular formula is C21H29NO6. The van der Waals surface area contributed by atoms with Crippen LogP contribution in [0.2, 0.25) is 0 Å². The summed E-state index contributed by atoms with van der Waals surface area (Å²) in [6.07, 6.45) is 6.86. The monoisotopic (exact) mass is 391 g/mol. The van der Waals surface area contributed by atoms with Crippen molar-refractivity contribution >= 4 is 11.9 Å². The lowest BCUT2D eigenvalue weighted by molar-refractivity contribution is -0.140. The van der Waals surface area contributed by atoms with E-state index in [1.165, 1.54) is 46.7 Å². The highest BCUT2D eigenvalue weighted by atomic mass is 16.5. The minimum absolute atomic E-state index is 0.121. The Morgan fingerprint density at radius 3 is 2.29 bits per heavy atom. The van der Waals surface area contributed by atoms with E-state index in [0.29, 0.717) is 29.2 Å². The minimum Gasteiger partial charge on any atom is -0.496 e. The Labute approximate surface area is 165 Å². The van der Waals surface area contributed by atoms with Crippen molar-refractivity contribution in [2.75, 3.05) is 34.5 Å². The van der Waals surface area contributed by atoms with Gasteiger partial charge in [-0.15, -0.1) is 0 Å². The molecule has 0 spiro atoms. The van der Waals surface area contributed by atoms with Crippen LogP contribution in [-0.4, -0.2) is 57.3 Å². The van der Waals surface area contributed by atoms with Gasteiger partial charge in [0.2, 0.25) is 0 Å². The average Bonchev–Trinajstić information content (AvgIpc) is 2.75. The standard InChI is InChI=1S/C21H29NO6/c1-25-17-12-19(27-3)18(26-2)11-15(17)21(24)28-13-20(23)22-10-6-8-14-7-4-5-9-16(14)22/h11-12,14,16H,4-10,13H2,1-3H3/t14-,16+/m0/s1. The quantitative estimate of drug-likeness (QED) is 0.694. The van der Waals surface area contributed by atoms with Crippen LogP contribution >= 0.6 is 0 Å². The Morgan fingerprint density at radius 2 is 1.57 bits per heavy atom. The second-order valence-electron chi connectivity index (χ2n) is 7.32. The molecule has 1 heterocycles. The van der Waals surface area contributed by atoms with Crippen molar-refractivity contribution in [2.24, 2.45) is 5.92 Å². The number of rotatable bonds is 6. The summed E-state index contributed by atoms with van der Waals surface area (Å²) in [6.45, 7) is 0.483. The zero-order valence-corrected chi connectivity index (χ0v) is 16.9. The van der Waals surface area contributed by atoms with Gasteiger partial charge in [-0.3, -0.25) is 4.79 Å². The molecule has 7 heteroatoms. The summed E-state index contributed by atoms with van der Waals surface area (Å²) < 4.78 is 21.1. The molecule has 1 aliphatic carbocycles. The highest BCUT2D eigenvalue weighted by Gasteiger charge is 2.36. The van der Waals surface area contributed by atoms with Gasteiger partial charge in [0.15, 0.2) is 18.1 Å². The maximum atomic E-state index is 12.7. The number of amides is 1. The van der Waals surface area contributed by atoms with E-state index < -0.39 is 5.97 Å². The number of fused-ring (bicyclic) bond motifs is 1. The third-order valence-corrected chi connectivity index (χ3v) is 5.82. The number of hydrogen-bond acceptors (Lipinski definition) is 6. The number of benzene rings is 1. The van der Waals surface area contributed by atoms with Crippen LogP contribution in [0.3, 0.4) is 0 Å². The summed E-state index contributed by atoms with van der Waals surface area (Å²) in [5.74, 6) is 0.993. The van der Waals surface area contributed by atoms with Crippen LogP contribution < -0.4 is 14.2 Å². The lowest BCUT2D eigenvalue weighted by Gasteiger charge is -2.44. The molecule has 0 unspecified atom stereocenters. The van der Waals surface area contributed by atoms with Crippen molar-refractivity contribution in [2.45, 2.75) is 44.6 Å². The van der Waals surface area contributed by atoms with E-state index in [-0.39, 0.29) is 18.1 Å². The van der Waals surface area contributed by atoms with Crippen molar-refractivity contribution in [1.29, 1.82) is 0 Å². The number of methoxy groups -OCH3 is 3. The third kappa shape index (κ3) is 4.18. The number of ether oxygens (including phenoxy) is 4. The fourth-order valence-electron chi connectivity index (χ4n) is 4.41. The van der Waals surface area contributed by atoms with Gasteiger partial charge in [-0.2, -0.15) is 0 Å². The van der Waals surface area contributed by atoms with E-state index in [1.54, 1.807) is 6.07 Å². The van der Waals surface area contributed by atoms with Crippen LogP contribution in [0, 0.1) is 5.92 Å². The van der Waals surface area contributed by atoms with E-state index in [0.717, 1.165) is 25.8 Å². The molecule has 0 radical (unpaired) electrons. The van der Waals surface area contributed by atoms with Crippen molar-refractivity contribution in [1.82, 2.24) is 4.90 Å². The third-order valence-electron chi connectivity index (χ3n) is 5.82. The number of likely N-dealkylation sites (tertiary alicyclic amines) is 1. The Bertz CT molecular complexity index is 717. The van der Waals surface area contributed by atoms with Crippen LogP contribution in [-0.2, 0) is 9.53 Å². The van der Waals surface area contributed by atoms with Crippen molar-refractivity contribution in [3.63, 3.8) is 0 Å². The second kappa shape index (κ2) is 9.17. The molecule has 2 fully saturated rings. The molecule has 2 atom stereocenters. The van der Waals surface area contributed by atoms with Gasteiger partial charge in [0, 0.05) is 24.7 Å². The summed E-state index contributed by atoms with van der Waals surface area (Å²) in [7, 11) is 4.45. The SMILES string of the molecule is COc1cc(OC)c(C(=O)OCC(=O)N2CCC[C@@H]3CCCC[C@H]32)cc1OC. The minimum atomic E-state index is -0.622. The Morgan fingerprint density at radius 1 is 0.929 bits per heavy atom. The first-order valence-electron chi connectivity index (χ1n) is 9.85. The topological polar surface area (TPSA) is 74.3 Å². The molecule has 154 valence electrons. The van der Waals surface area contributed by atoms with E-state index in [2.05, 4.69) is 0 Å². The summed E-state index contributed by atoms with van der Waals surface area (Å²) in [4.78, 5) is 27.3. The van der Waals surface area contributed by atoms with Gasteiger partial charge in [0.1, 0.15) is 11.3 Å². The summed E-state index contributed by atoms with van der Waals surface area (Å²) in [5, 5.41) is 0. The zero-order chi connectivity index (χ0) is 20.1. The number of esters is 1. The maximum Gasteiger partial charge on any atom is 0.342 e. The lowest BCUT2D eigenvalue weighted by Crippen LogP contribution is -2.50. The predicted molar refractivity (Wildman–Crippen MR) is 103 cm³/mol. The van der Waals surface area contributed by atoms with Crippen LogP contribution in [0.15, 0.2) is 12.1 Å². The molecule has 1 amide bonds. The van der Waals surface area contributed by atoms with Crippen LogP contribution in [0.4, 0.5) is 0 Å². The first kappa shape index (κ1) is 20.3. The smallest absolute Gasteiger partial charge is 0.342 e. The van der Waals surface area contributed by atoms with E-state index in [9.17, 15) is 9.59 Å². The first-order valence-corrected chi connectivity index (χ1v) is 9.85. The van der Waals surface area contributed by atoms with Gasteiger partial charge < -0.3 is 23.8 Å². The molecule has 0 N–H and O–H groups in total. The fourth-order valence-corrected chi connectivity index (χ4v) is 4.41. The van der Waals surface area contributed by atoms with Crippen LogP contribution in [0.25, 0.3) is 0 Å². The average molecular weight is 391 g/mol. The van der Waals surface area contributed by atoms with Crippen LogP contribution in [0.5, 0.6) is 17.2 Å². The van der Waals surface area contributed by atoms with Gasteiger partial charge >= 0.3 is 5.97 Å². The number of nitrogens with zero attached hydrogens (tertiary/aromatic N) is 1. The number of hydrogen-bond donors (Lipinski definition) is 0. The molecule has 1 aliphatic heterocycles. The molecule has 1 aromatic carbocycles. The summed E-state index contributed by atoms with van der Waals surface area (Å²) in [5.41, 5.74) is 0.196. The fraction of sp³-hybridized carbons (Fsp3) is 0.619. The van der Waals surface area contributed by atoms with Gasteiger partial charge in [-0.1, -0.05) is 12.8 Å². The van der Waals surface area contributed by atoms with Gasteiger partial charge in [-0.25, -0.2) is 4.79 Å². The van der Waals surface area contributed by atoms with Gasteiger partial charge in [0.25, 0.3) is 5.91 Å². The van der Waals surface area contributed by atoms with E-state index in [4.69, 9.17) is 18.9 Å². The molecule has 1 saturated carbocycles. The van der Waals surface area contributed by atoms with Gasteiger partial charge in [-0.05, 0) is 31.6 Å². The largest absolute Gasteiger partial charge is 0.496 e.